The van der Waals surface area contributed by atoms with Gasteiger partial charge in [-0.3, -0.25) is 14.2 Å². The van der Waals surface area contributed by atoms with Gasteiger partial charge in [0.05, 0.1) is 11.8 Å². The molecule has 1 fully saturated rings. The van der Waals surface area contributed by atoms with Gasteiger partial charge >= 0.3 is 0 Å². The monoisotopic (exact) mass is 291 g/mol. The van der Waals surface area contributed by atoms with Crippen LogP contribution in [0, 0.1) is 12.8 Å². The zero-order chi connectivity index (χ0) is 14.3. The van der Waals surface area contributed by atoms with Crippen LogP contribution in [0.2, 0.25) is 0 Å². The summed E-state index contributed by atoms with van der Waals surface area (Å²) in [6.07, 6.45) is 2.14. The molecule has 106 valence electrons. The Morgan fingerprint density at radius 3 is 2.95 bits per heavy atom. The van der Waals surface area contributed by atoms with Gasteiger partial charge in [0.15, 0.2) is 0 Å². The van der Waals surface area contributed by atoms with Crippen LogP contribution in [0.1, 0.15) is 18.9 Å². The normalized spacial score (nSPS) is 19.2. The van der Waals surface area contributed by atoms with Gasteiger partial charge in [0.25, 0.3) is 5.56 Å². The van der Waals surface area contributed by atoms with E-state index in [9.17, 15) is 9.59 Å². The lowest BCUT2D eigenvalue weighted by Gasteiger charge is -2.14. The fourth-order valence-electron chi connectivity index (χ4n) is 2.75. The molecule has 0 N–H and O–H groups in total. The first-order valence-electron chi connectivity index (χ1n) is 6.81. The lowest BCUT2D eigenvalue weighted by molar-refractivity contribution is -0.127. The van der Waals surface area contributed by atoms with Crippen LogP contribution in [0.5, 0.6) is 0 Å². The van der Waals surface area contributed by atoms with Crippen LogP contribution in [0.25, 0.3) is 10.2 Å². The number of likely N-dealkylation sites (tertiary alicyclic amines) is 1. The molecule has 2 aromatic rings. The molecule has 0 radical (unpaired) electrons. The van der Waals surface area contributed by atoms with Crippen molar-refractivity contribution in [3.8, 4) is 0 Å². The number of fused-ring (bicyclic) bond motifs is 1. The highest BCUT2D eigenvalue weighted by molar-refractivity contribution is 7.17. The molecule has 1 aliphatic rings. The molecule has 1 amide bonds. The number of thiophene rings is 1. The first-order chi connectivity index (χ1) is 9.60. The highest BCUT2D eigenvalue weighted by atomic mass is 32.1. The maximum absolute atomic E-state index is 12.4. The van der Waals surface area contributed by atoms with E-state index in [0.29, 0.717) is 17.7 Å². The second kappa shape index (κ2) is 5.01. The van der Waals surface area contributed by atoms with Crippen molar-refractivity contribution >= 4 is 27.5 Å². The maximum Gasteiger partial charge on any atom is 0.271 e. The first-order valence-corrected chi connectivity index (χ1v) is 7.69. The molecule has 5 nitrogen and oxygen atoms in total. The number of hydrogen-bond acceptors (Lipinski definition) is 4. The topological polar surface area (TPSA) is 55.2 Å². The molecule has 0 saturated carbocycles. The van der Waals surface area contributed by atoms with E-state index >= 15 is 0 Å². The van der Waals surface area contributed by atoms with Crippen molar-refractivity contribution in [2.75, 3.05) is 13.1 Å². The smallest absolute Gasteiger partial charge is 0.271 e. The molecule has 3 heterocycles. The van der Waals surface area contributed by atoms with E-state index in [1.807, 2.05) is 24.1 Å². The molecule has 3 rings (SSSR count). The van der Waals surface area contributed by atoms with Crippen LogP contribution >= 0.6 is 11.3 Å². The third-order valence-electron chi connectivity index (χ3n) is 3.85. The summed E-state index contributed by atoms with van der Waals surface area (Å²) in [7, 11) is 0. The molecule has 1 aliphatic heterocycles. The predicted molar refractivity (Wildman–Crippen MR) is 79.0 cm³/mol. The van der Waals surface area contributed by atoms with E-state index < -0.39 is 0 Å². The molecule has 0 aromatic carbocycles. The predicted octanol–water partition coefficient (Wildman–Crippen LogP) is 1.63. The van der Waals surface area contributed by atoms with Crippen molar-refractivity contribution in [3.63, 3.8) is 0 Å². The molecule has 0 spiro atoms. The Kier molecular flexibility index (Phi) is 3.33. The van der Waals surface area contributed by atoms with Gasteiger partial charge in [-0.25, -0.2) is 4.98 Å². The van der Waals surface area contributed by atoms with Gasteiger partial charge in [-0.05, 0) is 24.8 Å². The van der Waals surface area contributed by atoms with Gasteiger partial charge in [0, 0.05) is 32.0 Å². The van der Waals surface area contributed by atoms with Gasteiger partial charge in [0.1, 0.15) is 4.70 Å². The second-order valence-corrected chi connectivity index (χ2v) is 6.18. The molecule has 6 heteroatoms. The van der Waals surface area contributed by atoms with Crippen LogP contribution in [-0.4, -0.2) is 33.4 Å². The lowest BCUT2D eigenvalue weighted by atomic mass is 10.1. The van der Waals surface area contributed by atoms with E-state index in [4.69, 9.17) is 0 Å². The summed E-state index contributed by atoms with van der Waals surface area (Å²) in [4.78, 5) is 30.3. The summed E-state index contributed by atoms with van der Waals surface area (Å²) in [6.45, 7) is 5.99. The lowest BCUT2D eigenvalue weighted by Crippen LogP contribution is -2.27. The number of hydrogen-bond donors (Lipinski definition) is 0. The van der Waals surface area contributed by atoms with Crippen LogP contribution in [0.3, 0.4) is 0 Å². The van der Waals surface area contributed by atoms with Crippen LogP contribution in [-0.2, 0) is 11.3 Å². The van der Waals surface area contributed by atoms with Crippen LogP contribution in [0.4, 0.5) is 0 Å². The zero-order valence-electron chi connectivity index (χ0n) is 11.6. The number of amides is 1. The summed E-state index contributed by atoms with van der Waals surface area (Å²) in [5.41, 5.74) is 1.85. The SMILES string of the molecule is CCN1CC(Cn2cnc3c(C)csc3c2=O)CC1=O. The number of rotatable bonds is 3. The largest absolute Gasteiger partial charge is 0.343 e. The molecular formula is C14H17N3O2S. The molecular weight excluding hydrogens is 274 g/mol. The fourth-order valence-corrected chi connectivity index (χ4v) is 3.70. The van der Waals surface area contributed by atoms with E-state index in [1.165, 1.54) is 11.3 Å². The minimum Gasteiger partial charge on any atom is -0.343 e. The Hall–Kier alpha value is -1.69. The quantitative estimate of drug-likeness (QED) is 0.864. The summed E-state index contributed by atoms with van der Waals surface area (Å²) < 4.78 is 2.36. The van der Waals surface area contributed by atoms with Crippen LogP contribution < -0.4 is 5.56 Å². The Labute approximate surface area is 120 Å². The molecule has 0 aliphatic carbocycles. The van der Waals surface area contributed by atoms with Gasteiger partial charge in [-0.15, -0.1) is 11.3 Å². The number of nitrogens with zero attached hydrogens (tertiary/aromatic N) is 3. The van der Waals surface area contributed by atoms with E-state index in [-0.39, 0.29) is 17.4 Å². The summed E-state index contributed by atoms with van der Waals surface area (Å²) in [5.74, 6) is 0.395. The van der Waals surface area contributed by atoms with Crippen molar-refractivity contribution in [2.24, 2.45) is 5.92 Å². The number of carbonyl (C=O) groups is 1. The van der Waals surface area contributed by atoms with Crippen molar-refractivity contribution in [1.29, 1.82) is 0 Å². The highest BCUT2D eigenvalue weighted by Crippen LogP contribution is 2.21. The Bertz CT molecular complexity index is 719. The summed E-state index contributed by atoms with van der Waals surface area (Å²) >= 11 is 1.45. The fraction of sp³-hybridized carbons (Fsp3) is 0.500. The number of aryl methyl sites for hydroxylation is 1. The number of aromatic nitrogens is 2. The molecule has 1 atom stereocenters. The maximum atomic E-state index is 12.4. The molecule has 0 bridgehead atoms. The third kappa shape index (κ3) is 2.14. The van der Waals surface area contributed by atoms with Crippen molar-refractivity contribution in [3.05, 3.63) is 27.6 Å². The molecule has 1 saturated heterocycles. The van der Waals surface area contributed by atoms with Crippen molar-refractivity contribution in [1.82, 2.24) is 14.5 Å². The minimum absolute atomic E-state index is 0.00972. The second-order valence-electron chi connectivity index (χ2n) is 5.30. The molecule has 2 aromatic heterocycles. The van der Waals surface area contributed by atoms with Gasteiger partial charge in [-0.2, -0.15) is 0 Å². The highest BCUT2D eigenvalue weighted by Gasteiger charge is 2.28. The number of carbonyl (C=O) groups excluding carboxylic acids is 1. The van der Waals surface area contributed by atoms with Gasteiger partial charge in [-0.1, -0.05) is 0 Å². The van der Waals surface area contributed by atoms with Crippen molar-refractivity contribution in [2.45, 2.75) is 26.8 Å². The standard InChI is InChI=1S/C14H17N3O2S/c1-3-16-5-10(4-11(16)18)6-17-8-15-12-9(2)7-20-13(12)14(17)19/h7-8,10H,3-6H2,1-2H3. The van der Waals surface area contributed by atoms with Crippen LogP contribution in [0.15, 0.2) is 16.5 Å². The van der Waals surface area contributed by atoms with Gasteiger partial charge in [0.2, 0.25) is 5.91 Å². The first kappa shape index (κ1) is 13.3. The zero-order valence-corrected chi connectivity index (χ0v) is 12.4. The third-order valence-corrected chi connectivity index (χ3v) is 4.93. The summed E-state index contributed by atoms with van der Waals surface area (Å²) in [5, 5.41) is 1.96. The molecule has 1 unspecified atom stereocenters. The average molecular weight is 291 g/mol. The van der Waals surface area contributed by atoms with E-state index in [1.54, 1.807) is 10.9 Å². The van der Waals surface area contributed by atoms with Crippen molar-refractivity contribution < 1.29 is 4.79 Å². The average Bonchev–Trinajstić information content (AvgIpc) is 2.97. The van der Waals surface area contributed by atoms with E-state index in [2.05, 4.69) is 4.98 Å². The Morgan fingerprint density at radius 1 is 1.45 bits per heavy atom. The molecule has 20 heavy (non-hydrogen) atoms. The Morgan fingerprint density at radius 2 is 2.25 bits per heavy atom. The minimum atomic E-state index is 0.00972. The van der Waals surface area contributed by atoms with Gasteiger partial charge < -0.3 is 4.90 Å². The van der Waals surface area contributed by atoms with E-state index in [0.717, 1.165) is 24.2 Å². The Balaban J connectivity index is 1.87. The summed E-state index contributed by atoms with van der Waals surface area (Å²) in [6, 6.07) is 0.